The molecule has 1 aliphatic carbocycles. The first kappa shape index (κ1) is 31.6. The second-order valence-electron chi connectivity index (χ2n) is 11.1. The van der Waals surface area contributed by atoms with E-state index >= 15 is 0 Å². The van der Waals surface area contributed by atoms with Gasteiger partial charge in [-0.3, -0.25) is 13.9 Å². The van der Waals surface area contributed by atoms with Crippen molar-refractivity contribution in [3.05, 3.63) is 101 Å². The van der Waals surface area contributed by atoms with Gasteiger partial charge in [-0.05, 0) is 67.1 Å². The van der Waals surface area contributed by atoms with E-state index in [-0.39, 0.29) is 37.4 Å². The highest BCUT2D eigenvalue weighted by Gasteiger charge is 2.32. The summed E-state index contributed by atoms with van der Waals surface area (Å²) in [5, 5.41) is 3.80. The van der Waals surface area contributed by atoms with E-state index in [0.717, 1.165) is 42.4 Å². The second kappa shape index (κ2) is 14.7. The molecule has 0 bridgehead atoms. The van der Waals surface area contributed by atoms with Crippen LogP contribution in [0, 0.1) is 6.92 Å². The van der Waals surface area contributed by atoms with Gasteiger partial charge in [0.1, 0.15) is 6.04 Å². The summed E-state index contributed by atoms with van der Waals surface area (Å²) in [5.41, 5.74) is 3.34. The summed E-state index contributed by atoms with van der Waals surface area (Å²) >= 11 is 6.12. The fourth-order valence-corrected chi connectivity index (χ4v) is 6.58. The highest BCUT2D eigenvalue weighted by Crippen LogP contribution is 2.23. The van der Waals surface area contributed by atoms with Crippen molar-refractivity contribution in [2.75, 3.05) is 17.1 Å². The quantitative estimate of drug-likeness (QED) is 0.262. The zero-order valence-corrected chi connectivity index (χ0v) is 25.9. The van der Waals surface area contributed by atoms with Crippen LogP contribution in [-0.2, 0) is 32.6 Å². The maximum Gasteiger partial charge on any atom is 0.243 e. The Hall–Kier alpha value is -3.36. The molecule has 9 heteroatoms. The van der Waals surface area contributed by atoms with Gasteiger partial charge in [0, 0.05) is 37.0 Å². The lowest BCUT2D eigenvalue weighted by atomic mass is 10.0. The Kier molecular flexibility index (Phi) is 11.0. The van der Waals surface area contributed by atoms with Crippen molar-refractivity contribution >= 4 is 39.1 Å². The number of nitrogens with zero attached hydrogens (tertiary/aromatic N) is 2. The van der Waals surface area contributed by atoms with Crippen LogP contribution in [0.1, 0.15) is 55.2 Å². The number of carbonyl (C=O) groups excluding carboxylic acids is 2. The molecule has 0 aromatic heterocycles. The maximum absolute atomic E-state index is 14.0. The Morgan fingerprint density at radius 2 is 1.64 bits per heavy atom. The van der Waals surface area contributed by atoms with Crippen LogP contribution in [0.2, 0.25) is 5.02 Å². The number of amides is 2. The van der Waals surface area contributed by atoms with Gasteiger partial charge in [0.25, 0.3) is 0 Å². The number of rotatable bonds is 13. The number of anilines is 1. The molecule has 0 unspecified atom stereocenters. The van der Waals surface area contributed by atoms with E-state index in [0.29, 0.717) is 23.6 Å². The minimum absolute atomic E-state index is 0.0907. The highest BCUT2D eigenvalue weighted by atomic mass is 35.5. The fraction of sp³-hybridized carbons (Fsp3) is 0.394. The monoisotopic (exact) mass is 609 g/mol. The summed E-state index contributed by atoms with van der Waals surface area (Å²) in [5.74, 6) is -0.365. The molecule has 0 aliphatic heterocycles. The zero-order chi connectivity index (χ0) is 30.1. The number of halogens is 1. The van der Waals surface area contributed by atoms with Crippen molar-refractivity contribution in [1.29, 1.82) is 0 Å². The van der Waals surface area contributed by atoms with Gasteiger partial charge in [0.2, 0.25) is 21.8 Å². The van der Waals surface area contributed by atoms with E-state index in [9.17, 15) is 18.0 Å². The van der Waals surface area contributed by atoms with Crippen LogP contribution in [0.3, 0.4) is 0 Å². The molecule has 42 heavy (non-hydrogen) atoms. The van der Waals surface area contributed by atoms with Crippen molar-refractivity contribution in [1.82, 2.24) is 10.2 Å². The smallest absolute Gasteiger partial charge is 0.243 e. The first-order valence-electron chi connectivity index (χ1n) is 14.5. The molecule has 0 heterocycles. The van der Waals surface area contributed by atoms with Crippen LogP contribution >= 0.6 is 11.6 Å². The average molecular weight is 610 g/mol. The lowest BCUT2D eigenvalue weighted by Crippen LogP contribution is -2.52. The van der Waals surface area contributed by atoms with Crippen LogP contribution in [0.15, 0.2) is 78.9 Å². The number of hydrogen-bond donors (Lipinski definition) is 1. The van der Waals surface area contributed by atoms with Crippen LogP contribution in [0.5, 0.6) is 0 Å². The van der Waals surface area contributed by atoms with Crippen molar-refractivity contribution < 1.29 is 18.0 Å². The number of hydrogen-bond acceptors (Lipinski definition) is 4. The Balaban J connectivity index is 1.58. The normalized spacial score (nSPS) is 14.4. The van der Waals surface area contributed by atoms with Gasteiger partial charge >= 0.3 is 0 Å². The molecular weight excluding hydrogens is 570 g/mol. The molecule has 1 N–H and O–H groups in total. The van der Waals surface area contributed by atoms with E-state index in [1.54, 1.807) is 23.1 Å². The maximum atomic E-state index is 14.0. The Morgan fingerprint density at radius 1 is 0.952 bits per heavy atom. The zero-order valence-electron chi connectivity index (χ0n) is 24.3. The van der Waals surface area contributed by atoms with Gasteiger partial charge in [-0.2, -0.15) is 0 Å². The first-order chi connectivity index (χ1) is 20.1. The largest absolute Gasteiger partial charge is 0.352 e. The fourth-order valence-electron chi connectivity index (χ4n) is 5.49. The van der Waals surface area contributed by atoms with Crippen molar-refractivity contribution in [3.8, 4) is 0 Å². The summed E-state index contributed by atoms with van der Waals surface area (Å²) < 4.78 is 26.6. The highest BCUT2D eigenvalue weighted by molar-refractivity contribution is 7.92. The standard InChI is InChI=1S/C33H40ClN3O4S/c1-25-10-8-15-30(22-25)37(42(2,40)41)21-9-16-32(38)36(24-27-17-19-28(34)20-18-27)31(23-26-11-4-3-5-12-26)33(39)35-29-13-6-7-14-29/h3-5,8,10-12,15,17-20,22,29,31H,6-7,9,13-14,16,21,23-24H2,1-2H3,(H,35,39)/t31-/m0/s1. The van der Waals surface area contributed by atoms with Crippen LogP contribution < -0.4 is 9.62 Å². The van der Waals surface area contributed by atoms with E-state index in [2.05, 4.69) is 5.32 Å². The van der Waals surface area contributed by atoms with Crippen LogP contribution in [-0.4, -0.2) is 50.0 Å². The molecule has 1 fully saturated rings. The minimum atomic E-state index is -3.56. The molecule has 0 radical (unpaired) electrons. The van der Waals surface area contributed by atoms with Gasteiger partial charge in [-0.15, -0.1) is 0 Å². The average Bonchev–Trinajstić information content (AvgIpc) is 3.47. The summed E-state index contributed by atoms with van der Waals surface area (Å²) in [6.45, 7) is 2.30. The molecule has 2 amide bonds. The summed E-state index contributed by atoms with van der Waals surface area (Å²) in [6, 6.07) is 23.7. The van der Waals surface area contributed by atoms with E-state index < -0.39 is 16.1 Å². The molecule has 224 valence electrons. The number of carbonyl (C=O) groups is 2. The van der Waals surface area contributed by atoms with E-state index in [1.165, 1.54) is 10.6 Å². The lowest BCUT2D eigenvalue weighted by Gasteiger charge is -2.33. The molecule has 1 saturated carbocycles. The lowest BCUT2D eigenvalue weighted by molar-refractivity contribution is -0.141. The topological polar surface area (TPSA) is 86.8 Å². The molecule has 3 aromatic rings. The molecular formula is C33H40ClN3O4S. The van der Waals surface area contributed by atoms with Crippen molar-refractivity contribution in [3.63, 3.8) is 0 Å². The number of sulfonamides is 1. The van der Waals surface area contributed by atoms with Gasteiger partial charge in [-0.25, -0.2) is 8.42 Å². The predicted octanol–water partition coefficient (Wildman–Crippen LogP) is 5.89. The third-order valence-electron chi connectivity index (χ3n) is 7.68. The molecule has 7 nitrogen and oxygen atoms in total. The number of nitrogens with one attached hydrogen (secondary N) is 1. The van der Waals surface area contributed by atoms with Gasteiger partial charge < -0.3 is 10.2 Å². The summed E-state index contributed by atoms with van der Waals surface area (Å²) in [4.78, 5) is 29.4. The first-order valence-corrected chi connectivity index (χ1v) is 16.8. The SMILES string of the molecule is Cc1cccc(N(CCCC(=O)N(Cc2ccc(Cl)cc2)[C@@H](Cc2ccccc2)C(=O)NC2CCCC2)S(C)(=O)=O)c1. The van der Waals surface area contributed by atoms with Crippen molar-refractivity contribution in [2.24, 2.45) is 0 Å². The molecule has 3 aromatic carbocycles. The predicted molar refractivity (Wildman–Crippen MR) is 169 cm³/mol. The van der Waals surface area contributed by atoms with Gasteiger partial charge in [-0.1, -0.05) is 79.0 Å². The summed E-state index contributed by atoms with van der Waals surface area (Å²) in [6.07, 6.45) is 5.99. The second-order valence-corrected chi connectivity index (χ2v) is 13.5. The molecule has 4 rings (SSSR count). The molecule has 0 saturated heterocycles. The minimum Gasteiger partial charge on any atom is -0.352 e. The van der Waals surface area contributed by atoms with E-state index in [4.69, 9.17) is 11.6 Å². The van der Waals surface area contributed by atoms with Crippen LogP contribution in [0.25, 0.3) is 0 Å². The Labute approximate surface area is 254 Å². The van der Waals surface area contributed by atoms with E-state index in [1.807, 2.05) is 67.6 Å². The van der Waals surface area contributed by atoms with Gasteiger partial charge in [0.15, 0.2) is 0 Å². The van der Waals surface area contributed by atoms with Crippen LogP contribution in [0.4, 0.5) is 5.69 Å². The van der Waals surface area contributed by atoms with Crippen molar-refractivity contribution in [2.45, 2.75) is 70.5 Å². The Bertz CT molecular complexity index is 1440. The summed E-state index contributed by atoms with van der Waals surface area (Å²) in [7, 11) is -3.56. The third-order valence-corrected chi connectivity index (χ3v) is 9.13. The molecule has 1 atom stereocenters. The molecule has 1 aliphatic rings. The number of benzene rings is 3. The molecule has 0 spiro atoms. The van der Waals surface area contributed by atoms with Gasteiger partial charge in [0.05, 0.1) is 11.9 Å². The number of aryl methyl sites for hydroxylation is 1. The third kappa shape index (κ3) is 9.07. The Morgan fingerprint density at radius 3 is 2.29 bits per heavy atom.